The van der Waals surface area contributed by atoms with Crippen molar-refractivity contribution in [2.24, 2.45) is 0 Å². The van der Waals surface area contributed by atoms with E-state index < -0.39 is 15.9 Å². The largest absolute Gasteiger partial charge is 0.496 e. The molecule has 2 aromatic rings. The Balaban J connectivity index is 1.51. The summed E-state index contributed by atoms with van der Waals surface area (Å²) in [7, 11) is -0.0768. The SMILES string of the molecule is COc1ccc(S(=O)(=O)N2CCCCCC2)cc1C(=O)Nc1ccc(N2CCN(C)CC2)cc1. The second kappa shape index (κ2) is 10.8. The number of methoxy groups -OCH3 is 1. The Morgan fingerprint density at radius 1 is 0.882 bits per heavy atom. The summed E-state index contributed by atoms with van der Waals surface area (Å²) >= 11 is 0. The summed E-state index contributed by atoms with van der Waals surface area (Å²) in [6.07, 6.45) is 3.78. The number of nitrogens with zero attached hydrogens (tertiary/aromatic N) is 3. The highest BCUT2D eigenvalue weighted by atomic mass is 32.2. The molecule has 0 bridgehead atoms. The predicted octanol–water partition coefficient (Wildman–Crippen LogP) is 3.26. The molecule has 2 aromatic carbocycles. The van der Waals surface area contributed by atoms with Crippen LogP contribution < -0.4 is 15.0 Å². The average Bonchev–Trinajstić information content (AvgIpc) is 3.15. The van der Waals surface area contributed by atoms with E-state index in [1.165, 1.54) is 23.5 Å². The first-order valence-corrected chi connectivity index (χ1v) is 13.4. The normalized spacial score (nSPS) is 18.4. The number of carbonyl (C=O) groups is 1. The summed E-state index contributed by atoms with van der Waals surface area (Å²) in [5.41, 5.74) is 1.96. The number of ether oxygens (including phenoxy) is 1. The molecule has 34 heavy (non-hydrogen) atoms. The van der Waals surface area contributed by atoms with Gasteiger partial charge in [0, 0.05) is 50.6 Å². The molecule has 2 aliphatic heterocycles. The van der Waals surface area contributed by atoms with E-state index in [9.17, 15) is 13.2 Å². The summed E-state index contributed by atoms with van der Waals surface area (Å²) in [5, 5.41) is 2.88. The second-order valence-corrected chi connectivity index (χ2v) is 10.9. The molecular formula is C25H34N4O4S. The lowest BCUT2D eigenvalue weighted by atomic mass is 10.1. The fourth-order valence-electron chi connectivity index (χ4n) is 4.47. The molecule has 1 amide bonds. The maximum Gasteiger partial charge on any atom is 0.259 e. The zero-order chi connectivity index (χ0) is 24.1. The zero-order valence-electron chi connectivity index (χ0n) is 20.0. The van der Waals surface area contributed by atoms with Crippen LogP contribution in [0.15, 0.2) is 47.4 Å². The van der Waals surface area contributed by atoms with Gasteiger partial charge in [-0.1, -0.05) is 12.8 Å². The van der Waals surface area contributed by atoms with Crippen LogP contribution in [-0.4, -0.2) is 77.0 Å². The average molecular weight is 487 g/mol. The Labute approximate surface area is 202 Å². The molecule has 1 N–H and O–H groups in total. The summed E-state index contributed by atoms with van der Waals surface area (Å²) in [5.74, 6) is -0.0708. The number of amides is 1. The maximum atomic E-state index is 13.2. The van der Waals surface area contributed by atoms with Crippen molar-refractivity contribution in [3.8, 4) is 5.75 Å². The number of nitrogens with one attached hydrogen (secondary N) is 1. The van der Waals surface area contributed by atoms with Crippen LogP contribution >= 0.6 is 0 Å². The third-order valence-corrected chi connectivity index (χ3v) is 8.51. The van der Waals surface area contributed by atoms with Crippen molar-refractivity contribution in [1.29, 1.82) is 0 Å². The second-order valence-electron chi connectivity index (χ2n) is 8.97. The van der Waals surface area contributed by atoms with Gasteiger partial charge in [0.25, 0.3) is 5.91 Å². The van der Waals surface area contributed by atoms with Crippen LogP contribution in [0.2, 0.25) is 0 Å². The van der Waals surface area contributed by atoms with Gasteiger partial charge in [0.2, 0.25) is 10.0 Å². The van der Waals surface area contributed by atoms with Crippen LogP contribution in [0, 0.1) is 0 Å². The van der Waals surface area contributed by atoms with E-state index in [4.69, 9.17) is 4.74 Å². The third-order valence-electron chi connectivity index (χ3n) is 6.61. The van der Waals surface area contributed by atoms with Crippen molar-refractivity contribution in [2.75, 3.05) is 63.6 Å². The molecule has 0 atom stereocenters. The van der Waals surface area contributed by atoms with Gasteiger partial charge in [0.05, 0.1) is 17.6 Å². The van der Waals surface area contributed by atoms with Crippen LogP contribution in [0.25, 0.3) is 0 Å². The number of anilines is 2. The van der Waals surface area contributed by atoms with Gasteiger partial charge in [-0.2, -0.15) is 4.31 Å². The lowest BCUT2D eigenvalue weighted by molar-refractivity contribution is 0.102. The monoisotopic (exact) mass is 486 g/mol. The van der Waals surface area contributed by atoms with Crippen LogP contribution in [0.1, 0.15) is 36.0 Å². The fourth-order valence-corrected chi connectivity index (χ4v) is 6.02. The lowest BCUT2D eigenvalue weighted by Crippen LogP contribution is -2.44. The molecule has 9 heteroatoms. The molecule has 0 spiro atoms. The summed E-state index contributed by atoms with van der Waals surface area (Å²) < 4.78 is 33.3. The molecule has 4 rings (SSSR count). The number of rotatable bonds is 6. The van der Waals surface area contributed by atoms with E-state index in [2.05, 4.69) is 22.2 Å². The molecule has 0 radical (unpaired) electrons. The van der Waals surface area contributed by atoms with Crippen molar-refractivity contribution in [2.45, 2.75) is 30.6 Å². The molecule has 0 aliphatic carbocycles. The Morgan fingerprint density at radius 3 is 2.15 bits per heavy atom. The highest BCUT2D eigenvalue weighted by Crippen LogP contribution is 2.27. The minimum absolute atomic E-state index is 0.116. The summed E-state index contributed by atoms with van der Waals surface area (Å²) in [6.45, 7) is 5.00. The smallest absolute Gasteiger partial charge is 0.259 e. The van der Waals surface area contributed by atoms with Gasteiger partial charge >= 0.3 is 0 Å². The minimum atomic E-state index is -3.67. The summed E-state index contributed by atoms with van der Waals surface area (Å²) in [4.78, 5) is 17.9. The van der Waals surface area contributed by atoms with E-state index in [-0.39, 0.29) is 10.5 Å². The molecule has 2 saturated heterocycles. The third kappa shape index (κ3) is 5.54. The molecule has 184 valence electrons. The molecular weight excluding hydrogens is 452 g/mol. The van der Waals surface area contributed by atoms with Gasteiger partial charge in [-0.3, -0.25) is 4.79 Å². The first-order chi connectivity index (χ1) is 16.4. The van der Waals surface area contributed by atoms with Gasteiger partial charge < -0.3 is 19.9 Å². The number of sulfonamides is 1. The van der Waals surface area contributed by atoms with E-state index in [0.29, 0.717) is 24.5 Å². The minimum Gasteiger partial charge on any atom is -0.496 e. The Kier molecular flexibility index (Phi) is 7.75. The highest BCUT2D eigenvalue weighted by Gasteiger charge is 2.27. The Hall–Kier alpha value is -2.62. The Morgan fingerprint density at radius 2 is 1.53 bits per heavy atom. The van der Waals surface area contributed by atoms with Crippen molar-refractivity contribution < 1.29 is 17.9 Å². The number of hydrogen-bond donors (Lipinski definition) is 1. The first kappa shape index (κ1) is 24.5. The number of benzene rings is 2. The van der Waals surface area contributed by atoms with Crippen LogP contribution in [-0.2, 0) is 10.0 Å². The van der Waals surface area contributed by atoms with Crippen LogP contribution in [0.5, 0.6) is 5.75 Å². The van der Waals surface area contributed by atoms with Crippen molar-refractivity contribution in [1.82, 2.24) is 9.21 Å². The molecule has 8 nitrogen and oxygen atoms in total. The predicted molar refractivity (Wildman–Crippen MR) is 134 cm³/mol. The Bertz CT molecular complexity index is 1090. The van der Waals surface area contributed by atoms with Crippen molar-refractivity contribution >= 4 is 27.3 Å². The molecule has 0 unspecified atom stereocenters. The van der Waals surface area contributed by atoms with Gasteiger partial charge in [-0.15, -0.1) is 0 Å². The van der Waals surface area contributed by atoms with E-state index in [0.717, 1.165) is 57.5 Å². The topological polar surface area (TPSA) is 82.2 Å². The number of hydrogen-bond acceptors (Lipinski definition) is 6. The molecule has 2 fully saturated rings. The van der Waals surface area contributed by atoms with E-state index in [1.807, 2.05) is 24.3 Å². The number of piperazine rings is 1. The van der Waals surface area contributed by atoms with Gasteiger partial charge in [0.15, 0.2) is 0 Å². The van der Waals surface area contributed by atoms with Gasteiger partial charge in [0.1, 0.15) is 5.75 Å². The molecule has 2 heterocycles. The van der Waals surface area contributed by atoms with Crippen LogP contribution in [0.3, 0.4) is 0 Å². The van der Waals surface area contributed by atoms with Crippen molar-refractivity contribution in [3.05, 3.63) is 48.0 Å². The first-order valence-electron chi connectivity index (χ1n) is 11.9. The number of likely N-dealkylation sites (N-methyl/N-ethyl adjacent to an activating group) is 1. The maximum absolute atomic E-state index is 13.2. The molecule has 2 aliphatic rings. The fraction of sp³-hybridized carbons (Fsp3) is 0.480. The zero-order valence-corrected chi connectivity index (χ0v) is 20.8. The quantitative estimate of drug-likeness (QED) is 0.675. The van der Waals surface area contributed by atoms with E-state index >= 15 is 0 Å². The molecule has 0 aromatic heterocycles. The number of carbonyl (C=O) groups excluding carboxylic acids is 1. The highest BCUT2D eigenvalue weighted by molar-refractivity contribution is 7.89. The van der Waals surface area contributed by atoms with Gasteiger partial charge in [-0.05, 0) is 62.4 Å². The van der Waals surface area contributed by atoms with Crippen molar-refractivity contribution in [3.63, 3.8) is 0 Å². The standard InChI is InChI=1S/C25H34N4O4S/c1-27-15-17-28(18-16-27)21-9-7-20(8-10-21)26-25(30)23-19-22(11-12-24(23)33-2)34(31,32)29-13-5-3-4-6-14-29/h7-12,19H,3-6,13-18H2,1-2H3,(H,26,30). The van der Waals surface area contributed by atoms with Crippen LogP contribution in [0.4, 0.5) is 11.4 Å². The lowest BCUT2D eigenvalue weighted by Gasteiger charge is -2.34. The van der Waals surface area contributed by atoms with Gasteiger partial charge in [-0.25, -0.2) is 8.42 Å². The summed E-state index contributed by atoms with van der Waals surface area (Å²) in [6, 6.07) is 12.2. The van der Waals surface area contributed by atoms with E-state index in [1.54, 1.807) is 6.07 Å². The molecule has 0 saturated carbocycles.